The predicted octanol–water partition coefficient (Wildman–Crippen LogP) is 2.74. The molecule has 0 aromatic heterocycles. The minimum absolute atomic E-state index is 0.305. The zero-order valence-electron chi connectivity index (χ0n) is 27.1. The van der Waals surface area contributed by atoms with Crippen molar-refractivity contribution < 1.29 is 49.3 Å². The third-order valence-electron chi connectivity index (χ3n) is 10.3. The number of amides is 2. The Bertz CT molecular complexity index is 977. The van der Waals surface area contributed by atoms with E-state index in [1.807, 2.05) is 0 Å². The first kappa shape index (κ1) is 36.4. The van der Waals surface area contributed by atoms with Crippen LogP contribution in [0.25, 0.3) is 0 Å². The number of unbranched alkanes of at least 4 members (excludes halogenated alkanes) is 15. The molecule has 2 amide bonds. The zero-order chi connectivity index (χ0) is 32.5. The second-order valence-corrected chi connectivity index (χ2v) is 13.6. The van der Waals surface area contributed by atoms with Crippen LogP contribution in [0.2, 0.25) is 0 Å². The van der Waals surface area contributed by atoms with Crippen molar-refractivity contribution in [2.45, 2.75) is 152 Å². The highest BCUT2D eigenvalue weighted by molar-refractivity contribution is 6.07. The molecule has 0 radical (unpaired) electrons. The van der Waals surface area contributed by atoms with E-state index in [0.717, 1.165) is 19.3 Å². The molecule has 258 valence electrons. The molecule has 11 heteroatoms. The van der Waals surface area contributed by atoms with Gasteiger partial charge < -0.3 is 39.7 Å². The van der Waals surface area contributed by atoms with E-state index in [1.54, 1.807) is 12.2 Å². The number of hydrogen-bond acceptors (Lipinski definition) is 10. The molecular formula is C34H57NO10. The van der Waals surface area contributed by atoms with Crippen molar-refractivity contribution in [2.75, 3.05) is 26.4 Å². The van der Waals surface area contributed by atoms with Gasteiger partial charge in [-0.25, -0.2) is 0 Å². The fourth-order valence-electron chi connectivity index (χ4n) is 7.56. The van der Waals surface area contributed by atoms with Crippen LogP contribution in [0.15, 0.2) is 12.2 Å². The summed E-state index contributed by atoms with van der Waals surface area (Å²) in [6, 6.07) is 0. The van der Waals surface area contributed by atoms with Gasteiger partial charge in [-0.15, -0.1) is 0 Å². The number of aliphatic hydroxyl groups excluding tert-OH is 5. The number of carbonyl (C=O) groups excluding carboxylic acids is 2. The van der Waals surface area contributed by atoms with Crippen molar-refractivity contribution in [3.05, 3.63) is 12.2 Å². The van der Waals surface area contributed by atoms with E-state index in [2.05, 4.69) is 6.92 Å². The van der Waals surface area contributed by atoms with E-state index in [9.17, 15) is 35.1 Å². The molecule has 6 unspecified atom stereocenters. The molecule has 9 atom stereocenters. The molecular weight excluding hydrogens is 582 g/mol. The maximum absolute atomic E-state index is 13.6. The Hall–Kier alpha value is -1.44. The lowest BCUT2D eigenvalue weighted by Crippen LogP contribution is -2.60. The number of imide groups is 1. The van der Waals surface area contributed by atoms with Crippen molar-refractivity contribution >= 4 is 11.8 Å². The van der Waals surface area contributed by atoms with Crippen LogP contribution in [0.5, 0.6) is 0 Å². The normalized spacial score (nSPS) is 35.6. The standard InChI is InChI=1S/C34H57NO10/c1-2-3-4-5-6-7-8-9-10-11-12-13-14-15-16-17-20-35-30(41)25-26(31(35)42)34(19-18-33(25,22-37)45-34)23-43-32-29(40)28(39)27(38)24(21-36)44-32/h18-19,24-29,32,36-40H,2-17,20-23H2,1H3/t24?,25?,26?,27-,28-,29?,32+,33?,34?/m0/s1. The first-order valence-corrected chi connectivity index (χ1v) is 17.5. The fourth-order valence-corrected chi connectivity index (χ4v) is 7.56. The second kappa shape index (κ2) is 17.1. The highest BCUT2D eigenvalue weighted by atomic mass is 16.7. The summed E-state index contributed by atoms with van der Waals surface area (Å²) in [7, 11) is 0. The highest BCUT2D eigenvalue weighted by Crippen LogP contribution is 2.57. The van der Waals surface area contributed by atoms with Crippen LogP contribution in [0.1, 0.15) is 110 Å². The summed E-state index contributed by atoms with van der Waals surface area (Å²) in [5, 5.41) is 50.3. The zero-order valence-corrected chi connectivity index (χ0v) is 27.1. The molecule has 4 rings (SSSR count). The number of nitrogens with zero attached hydrogens (tertiary/aromatic N) is 1. The Kier molecular flexibility index (Phi) is 13.8. The van der Waals surface area contributed by atoms with Gasteiger partial charge in [-0.05, 0) is 6.42 Å². The largest absolute Gasteiger partial charge is 0.394 e. The summed E-state index contributed by atoms with van der Waals surface area (Å²) in [5.74, 6) is -2.53. The van der Waals surface area contributed by atoms with Gasteiger partial charge in [0.2, 0.25) is 11.8 Å². The number of fused-ring (bicyclic) bond motifs is 5. The van der Waals surface area contributed by atoms with Crippen molar-refractivity contribution in [2.24, 2.45) is 11.8 Å². The average molecular weight is 640 g/mol. The summed E-state index contributed by atoms with van der Waals surface area (Å²) in [5.41, 5.74) is -2.72. The van der Waals surface area contributed by atoms with Gasteiger partial charge in [0.05, 0.1) is 31.7 Å². The van der Waals surface area contributed by atoms with Crippen LogP contribution in [0.3, 0.4) is 0 Å². The SMILES string of the molecule is CCCCCCCCCCCCCCCCCCN1C(=O)C2C(C1=O)C1(CO[C@@H]3OC(CO)[C@H](O)[C@H](O)C3O)C=CC2(CO)O1. The molecule has 4 heterocycles. The second-order valence-electron chi connectivity index (χ2n) is 13.6. The molecule has 4 aliphatic rings. The third-order valence-corrected chi connectivity index (χ3v) is 10.3. The summed E-state index contributed by atoms with van der Waals surface area (Å²) in [6.07, 6.45) is 15.7. The molecule has 0 aromatic rings. The maximum atomic E-state index is 13.6. The topological polar surface area (TPSA) is 166 Å². The van der Waals surface area contributed by atoms with Gasteiger partial charge in [-0.1, -0.05) is 115 Å². The predicted molar refractivity (Wildman–Crippen MR) is 166 cm³/mol. The Morgan fingerprint density at radius 3 is 1.71 bits per heavy atom. The Labute approximate surface area is 267 Å². The summed E-state index contributed by atoms with van der Waals surface area (Å²) in [4.78, 5) is 28.4. The maximum Gasteiger partial charge on any atom is 0.236 e. The van der Waals surface area contributed by atoms with Gasteiger partial charge in [-0.3, -0.25) is 14.5 Å². The van der Waals surface area contributed by atoms with Crippen LogP contribution in [0, 0.1) is 11.8 Å². The molecule has 3 saturated heterocycles. The van der Waals surface area contributed by atoms with Crippen LogP contribution < -0.4 is 0 Å². The molecule has 45 heavy (non-hydrogen) atoms. The molecule has 0 aromatic carbocycles. The van der Waals surface area contributed by atoms with E-state index >= 15 is 0 Å². The Morgan fingerprint density at radius 2 is 1.20 bits per heavy atom. The molecule has 2 bridgehead atoms. The van der Waals surface area contributed by atoms with Crippen LogP contribution in [0.4, 0.5) is 0 Å². The average Bonchev–Trinajstić information content (AvgIpc) is 3.66. The van der Waals surface area contributed by atoms with E-state index in [1.165, 1.54) is 81.9 Å². The molecule has 11 nitrogen and oxygen atoms in total. The molecule has 0 aliphatic carbocycles. The quantitative estimate of drug-likeness (QED) is 0.0676. The molecule has 3 fully saturated rings. The van der Waals surface area contributed by atoms with Crippen LogP contribution >= 0.6 is 0 Å². The lowest BCUT2D eigenvalue weighted by molar-refractivity contribution is -0.308. The Balaban J connectivity index is 1.17. The number of likely N-dealkylation sites (tertiary alicyclic amines) is 1. The monoisotopic (exact) mass is 639 g/mol. The van der Waals surface area contributed by atoms with E-state index in [0.29, 0.717) is 13.0 Å². The van der Waals surface area contributed by atoms with Gasteiger partial charge in [0.1, 0.15) is 35.6 Å². The van der Waals surface area contributed by atoms with Gasteiger partial charge in [-0.2, -0.15) is 0 Å². The lowest BCUT2D eigenvalue weighted by Gasteiger charge is -2.40. The number of hydrogen-bond donors (Lipinski definition) is 5. The van der Waals surface area contributed by atoms with Gasteiger partial charge in [0, 0.05) is 6.54 Å². The fraction of sp³-hybridized carbons (Fsp3) is 0.882. The molecule has 0 spiro atoms. The number of rotatable bonds is 22. The number of aliphatic hydroxyl groups is 5. The number of carbonyl (C=O) groups is 2. The van der Waals surface area contributed by atoms with Gasteiger partial charge >= 0.3 is 0 Å². The van der Waals surface area contributed by atoms with Crippen molar-refractivity contribution in [3.63, 3.8) is 0 Å². The van der Waals surface area contributed by atoms with E-state index in [-0.39, 0.29) is 18.4 Å². The minimum atomic E-state index is -1.61. The molecule has 0 saturated carbocycles. The molecule has 4 aliphatic heterocycles. The van der Waals surface area contributed by atoms with Gasteiger partial charge in [0.25, 0.3) is 0 Å². The van der Waals surface area contributed by atoms with Gasteiger partial charge in [0.15, 0.2) is 6.29 Å². The van der Waals surface area contributed by atoms with E-state index < -0.39 is 67.0 Å². The first-order valence-electron chi connectivity index (χ1n) is 17.5. The minimum Gasteiger partial charge on any atom is -0.394 e. The smallest absolute Gasteiger partial charge is 0.236 e. The number of ether oxygens (including phenoxy) is 3. The van der Waals surface area contributed by atoms with Crippen molar-refractivity contribution in [3.8, 4) is 0 Å². The lowest BCUT2D eigenvalue weighted by atomic mass is 9.72. The van der Waals surface area contributed by atoms with Crippen molar-refractivity contribution in [1.82, 2.24) is 4.90 Å². The summed E-state index contributed by atoms with van der Waals surface area (Å²) >= 11 is 0. The van der Waals surface area contributed by atoms with E-state index in [4.69, 9.17) is 14.2 Å². The third kappa shape index (κ3) is 8.17. The molecule has 5 N–H and O–H groups in total. The summed E-state index contributed by atoms with van der Waals surface area (Å²) < 4.78 is 17.4. The Morgan fingerprint density at radius 1 is 0.711 bits per heavy atom. The summed E-state index contributed by atoms with van der Waals surface area (Å²) in [6.45, 7) is 1.17. The van der Waals surface area contributed by atoms with Crippen LogP contribution in [-0.2, 0) is 23.8 Å². The highest BCUT2D eigenvalue weighted by Gasteiger charge is 2.73. The first-order chi connectivity index (χ1) is 21.7. The van der Waals surface area contributed by atoms with Crippen molar-refractivity contribution in [1.29, 1.82) is 0 Å². The van der Waals surface area contributed by atoms with Crippen LogP contribution in [-0.4, -0.2) is 111 Å².